The van der Waals surface area contributed by atoms with E-state index in [0.717, 1.165) is 54.5 Å². The van der Waals surface area contributed by atoms with Gasteiger partial charge >= 0.3 is 0 Å². The van der Waals surface area contributed by atoms with Gasteiger partial charge in [-0.05, 0) is 30.3 Å². The highest BCUT2D eigenvalue weighted by atomic mass is 16.1. The van der Waals surface area contributed by atoms with E-state index in [1.807, 2.05) is 36.4 Å². The molecule has 8 heteroatoms. The van der Waals surface area contributed by atoms with Gasteiger partial charge in [0.15, 0.2) is 0 Å². The van der Waals surface area contributed by atoms with Gasteiger partial charge in [0.25, 0.3) is 5.91 Å². The Bertz CT molecular complexity index is 1200. The van der Waals surface area contributed by atoms with Crippen LogP contribution in [0.15, 0.2) is 48.7 Å². The van der Waals surface area contributed by atoms with E-state index in [2.05, 4.69) is 31.6 Å². The van der Waals surface area contributed by atoms with E-state index >= 15 is 0 Å². The Hall–Kier alpha value is -4.14. The first-order valence-electron chi connectivity index (χ1n) is 10.5. The first kappa shape index (κ1) is 21.1. The summed E-state index contributed by atoms with van der Waals surface area (Å²) in [5.41, 5.74) is 4.44. The standard InChI is InChI=1S/C24H23N7O/c25-6-2-7-29-24(32)19-4-1-3-17(13-19)21-14-18(5-8-28-21)22-15-20(16-26)23(30-22)31-11-9-27-10-12-31/h1,3-5,8,13-15,27,30H,2,7,9-12H2,(H,29,32). The fraction of sp³-hybridized carbons (Fsp3) is 0.250. The lowest BCUT2D eigenvalue weighted by Crippen LogP contribution is -2.44. The normalized spacial score (nSPS) is 13.2. The molecule has 0 unspecified atom stereocenters. The molecular weight excluding hydrogens is 402 g/mol. The molecule has 160 valence electrons. The van der Waals surface area contributed by atoms with Crippen LogP contribution in [-0.4, -0.2) is 48.6 Å². The number of aromatic nitrogens is 2. The van der Waals surface area contributed by atoms with Gasteiger partial charge in [-0.25, -0.2) is 0 Å². The van der Waals surface area contributed by atoms with Crippen LogP contribution in [0.4, 0.5) is 5.82 Å². The molecule has 1 fully saturated rings. The monoisotopic (exact) mass is 425 g/mol. The molecule has 0 spiro atoms. The largest absolute Gasteiger partial charge is 0.355 e. The smallest absolute Gasteiger partial charge is 0.251 e. The zero-order chi connectivity index (χ0) is 22.3. The van der Waals surface area contributed by atoms with Crippen molar-refractivity contribution in [2.24, 2.45) is 0 Å². The van der Waals surface area contributed by atoms with Crippen LogP contribution in [0, 0.1) is 22.7 Å². The van der Waals surface area contributed by atoms with Crippen LogP contribution in [0.3, 0.4) is 0 Å². The Kier molecular flexibility index (Phi) is 6.45. The molecule has 0 saturated carbocycles. The van der Waals surface area contributed by atoms with E-state index in [4.69, 9.17) is 5.26 Å². The Morgan fingerprint density at radius 1 is 1.12 bits per heavy atom. The van der Waals surface area contributed by atoms with Crippen LogP contribution in [0.1, 0.15) is 22.3 Å². The maximum Gasteiger partial charge on any atom is 0.251 e. The minimum atomic E-state index is -0.220. The molecule has 1 aromatic carbocycles. The number of piperazine rings is 1. The van der Waals surface area contributed by atoms with Gasteiger partial charge in [-0.1, -0.05) is 12.1 Å². The molecule has 0 atom stereocenters. The van der Waals surface area contributed by atoms with Crippen molar-refractivity contribution in [2.45, 2.75) is 6.42 Å². The van der Waals surface area contributed by atoms with Crippen molar-refractivity contribution < 1.29 is 4.79 Å². The zero-order valence-electron chi connectivity index (χ0n) is 17.6. The molecular formula is C24H23N7O. The van der Waals surface area contributed by atoms with E-state index in [1.165, 1.54) is 0 Å². The van der Waals surface area contributed by atoms with Crippen LogP contribution in [0.25, 0.3) is 22.5 Å². The number of nitrogens with one attached hydrogen (secondary N) is 3. The second-order valence-corrected chi connectivity index (χ2v) is 7.47. The Balaban J connectivity index is 1.60. The lowest BCUT2D eigenvalue weighted by molar-refractivity contribution is 0.0954. The average molecular weight is 425 g/mol. The number of nitrogens with zero attached hydrogens (tertiary/aromatic N) is 4. The molecule has 0 radical (unpaired) electrons. The van der Waals surface area contributed by atoms with Crippen molar-refractivity contribution >= 4 is 11.7 Å². The fourth-order valence-electron chi connectivity index (χ4n) is 3.73. The Morgan fingerprint density at radius 3 is 2.75 bits per heavy atom. The molecule has 1 aliphatic heterocycles. The van der Waals surface area contributed by atoms with Crippen molar-refractivity contribution in [3.8, 4) is 34.7 Å². The molecule has 1 amide bonds. The number of aromatic amines is 1. The van der Waals surface area contributed by atoms with E-state index in [-0.39, 0.29) is 12.3 Å². The summed E-state index contributed by atoms with van der Waals surface area (Å²) in [6.07, 6.45) is 1.99. The number of pyridine rings is 1. The number of benzene rings is 1. The molecule has 3 N–H and O–H groups in total. The summed E-state index contributed by atoms with van der Waals surface area (Å²) < 4.78 is 0. The van der Waals surface area contributed by atoms with Crippen molar-refractivity contribution in [1.29, 1.82) is 10.5 Å². The van der Waals surface area contributed by atoms with Gasteiger partial charge < -0.3 is 20.5 Å². The molecule has 3 heterocycles. The summed E-state index contributed by atoms with van der Waals surface area (Å²) >= 11 is 0. The highest BCUT2D eigenvalue weighted by molar-refractivity contribution is 5.95. The minimum absolute atomic E-state index is 0.220. The number of hydrogen-bond donors (Lipinski definition) is 3. The summed E-state index contributed by atoms with van der Waals surface area (Å²) in [6, 6.07) is 17.3. The lowest BCUT2D eigenvalue weighted by atomic mass is 10.0. The van der Waals surface area contributed by atoms with Crippen molar-refractivity contribution in [3.05, 3.63) is 59.8 Å². The third kappa shape index (κ3) is 4.61. The maximum absolute atomic E-state index is 12.3. The minimum Gasteiger partial charge on any atom is -0.355 e. The molecule has 4 rings (SSSR count). The molecule has 3 aromatic rings. The van der Waals surface area contributed by atoms with Crippen molar-refractivity contribution in [1.82, 2.24) is 20.6 Å². The van der Waals surface area contributed by atoms with Crippen LogP contribution in [-0.2, 0) is 0 Å². The van der Waals surface area contributed by atoms with Gasteiger partial charge in [0.1, 0.15) is 11.9 Å². The first-order valence-corrected chi connectivity index (χ1v) is 10.5. The predicted molar refractivity (Wildman–Crippen MR) is 122 cm³/mol. The number of amides is 1. The summed E-state index contributed by atoms with van der Waals surface area (Å²) in [4.78, 5) is 22.4. The lowest BCUT2D eigenvalue weighted by Gasteiger charge is -2.28. The third-order valence-electron chi connectivity index (χ3n) is 5.36. The van der Waals surface area contributed by atoms with Gasteiger partial charge in [0.2, 0.25) is 0 Å². The van der Waals surface area contributed by atoms with Gasteiger partial charge in [0.05, 0.1) is 23.7 Å². The Morgan fingerprint density at radius 2 is 1.97 bits per heavy atom. The van der Waals surface area contributed by atoms with Crippen molar-refractivity contribution in [2.75, 3.05) is 37.6 Å². The predicted octanol–water partition coefficient (Wildman–Crippen LogP) is 2.67. The second-order valence-electron chi connectivity index (χ2n) is 7.47. The van der Waals surface area contributed by atoms with Crippen molar-refractivity contribution in [3.63, 3.8) is 0 Å². The Labute approximate surface area is 186 Å². The van der Waals surface area contributed by atoms with Gasteiger partial charge in [-0.2, -0.15) is 10.5 Å². The highest BCUT2D eigenvalue weighted by Crippen LogP contribution is 2.29. The molecule has 0 bridgehead atoms. The van der Waals surface area contributed by atoms with E-state index in [1.54, 1.807) is 18.3 Å². The summed E-state index contributed by atoms with van der Waals surface area (Å²) in [7, 11) is 0. The number of rotatable bonds is 6. The maximum atomic E-state index is 12.3. The quantitative estimate of drug-likeness (QED) is 0.522. The van der Waals surface area contributed by atoms with E-state index < -0.39 is 0 Å². The molecule has 32 heavy (non-hydrogen) atoms. The number of carbonyl (C=O) groups is 1. The fourth-order valence-corrected chi connectivity index (χ4v) is 3.73. The van der Waals surface area contributed by atoms with Gasteiger partial charge in [-0.15, -0.1) is 0 Å². The van der Waals surface area contributed by atoms with Crippen LogP contribution in [0.2, 0.25) is 0 Å². The number of carbonyl (C=O) groups excluding carboxylic acids is 1. The molecule has 1 saturated heterocycles. The average Bonchev–Trinajstić information content (AvgIpc) is 3.29. The number of hydrogen-bond acceptors (Lipinski definition) is 6. The SMILES string of the molecule is N#CCCNC(=O)c1cccc(-c2cc(-c3cc(C#N)c(N4CCNCC4)[nH]3)ccn2)c1. The molecule has 0 aliphatic carbocycles. The summed E-state index contributed by atoms with van der Waals surface area (Å²) in [5.74, 6) is 0.625. The number of H-pyrrole nitrogens is 1. The first-order chi connectivity index (χ1) is 15.7. The molecule has 8 nitrogen and oxygen atoms in total. The zero-order valence-corrected chi connectivity index (χ0v) is 17.6. The molecule has 1 aliphatic rings. The topological polar surface area (TPSA) is 121 Å². The molecule has 2 aromatic heterocycles. The highest BCUT2D eigenvalue weighted by Gasteiger charge is 2.18. The second kappa shape index (κ2) is 9.78. The number of anilines is 1. The van der Waals surface area contributed by atoms with E-state index in [9.17, 15) is 10.1 Å². The van der Waals surface area contributed by atoms with Gasteiger partial charge in [0, 0.05) is 61.3 Å². The van der Waals surface area contributed by atoms with E-state index in [0.29, 0.717) is 17.7 Å². The van der Waals surface area contributed by atoms with Crippen LogP contribution < -0.4 is 15.5 Å². The summed E-state index contributed by atoms with van der Waals surface area (Å²) in [6.45, 7) is 3.79. The third-order valence-corrected chi connectivity index (χ3v) is 5.36. The van der Waals surface area contributed by atoms with Crippen LogP contribution in [0.5, 0.6) is 0 Å². The van der Waals surface area contributed by atoms with Crippen LogP contribution >= 0.6 is 0 Å². The summed E-state index contributed by atoms with van der Waals surface area (Å²) in [5, 5.41) is 24.3. The van der Waals surface area contributed by atoms with Gasteiger partial charge in [-0.3, -0.25) is 9.78 Å². The number of nitriles is 2.